The van der Waals surface area contributed by atoms with Crippen molar-refractivity contribution in [3.05, 3.63) is 95.1 Å². The predicted molar refractivity (Wildman–Crippen MR) is 115 cm³/mol. The monoisotopic (exact) mass is 413 g/mol. The molecule has 3 aromatic rings. The number of benzene rings is 3. The van der Waals surface area contributed by atoms with E-state index in [2.05, 4.69) is 12.1 Å². The molecule has 0 aromatic heterocycles. The minimum absolute atomic E-state index is 0.102. The number of carbonyl (C=O) groups excluding carboxylic acids is 1. The molecule has 156 valence electrons. The molecule has 1 fully saturated rings. The third-order valence-electron chi connectivity index (χ3n) is 6.86. The number of aliphatic hydroxyl groups excluding tert-OH is 1. The standard InChI is InChI=1S/C26H23NO4/c28-25-19-12-22-21(30-15-31-22)11-18(19)23(17-9-5-2-6-10-17)24-20(25)14-27(26(24)29)13-16-7-3-1-4-8-16/h1-12,20,23-25,28H,13-15H2/t20-,23-,24+,25+/m0/s1. The summed E-state index contributed by atoms with van der Waals surface area (Å²) in [5.41, 5.74) is 3.98. The van der Waals surface area contributed by atoms with E-state index < -0.39 is 6.10 Å². The van der Waals surface area contributed by atoms with Crippen LogP contribution in [0.2, 0.25) is 0 Å². The fourth-order valence-electron chi connectivity index (χ4n) is 5.45. The summed E-state index contributed by atoms with van der Waals surface area (Å²) in [4.78, 5) is 15.6. The van der Waals surface area contributed by atoms with Crippen LogP contribution in [0.1, 0.15) is 34.3 Å². The molecule has 1 N–H and O–H groups in total. The van der Waals surface area contributed by atoms with Gasteiger partial charge in [-0.25, -0.2) is 0 Å². The minimum Gasteiger partial charge on any atom is -0.454 e. The molecule has 0 spiro atoms. The zero-order valence-corrected chi connectivity index (χ0v) is 17.0. The fourth-order valence-corrected chi connectivity index (χ4v) is 5.45. The van der Waals surface area contributed by atoms with Crippen molar-refractivity contribution < 1.29 is 19.4 Å². The molecule has 4 atom stereocenters. The lowest BCUT2D eigenvalue weighted by Crippen LogP contribution is -2.35. The van der Waals surface area contributed by atoms with Gasteiger partial charge in [-0.05, 0) is 34.4 Å². The van der Waals surface area contributed by atoms with Crippen molar-refractivity contribution >= 4 is 5.91 Å². The third kappa shape index (κ3) is 2.92. The van der Waals surface area contributed by atoms with Crippen LogP contribution in [0.5, 0.6) is 11.5 Å². The highest BCUT2D eigenvalue weighted by Crippen LogP contribution is 2.54. The zero-order chi connectivity index (χ0) is 20.9. The average molecular weight is 413 g/mol. The van der Waals surface area contributed by atoms with Crippen LogP contribution < -0.4 is 9.47 Å². The molecule has 0 bridgehead atoms. The molecule has 0 saturated carbocycles. The summed E-state index contributed by atoms with van der Waals surface area (Å²) in [7, 11) is 0. The van der Waals surface area contributed by atoms with E-state index in [1.165, 1.54) is 0 Å². The second-order valence-electron chi connectivity index (χ2n) is 8.56. The van der Waals surface area contributed by atoms with Crippen LogP contribution in [-0.2, 0) is 11.3 Å². The van der Waals surface area contributed by atoms with Gasteiger partial charge in [0.15, 0.2) is 11.5 Å². The number of aliphatic hydroxyl groups is 1. The summed E-state index contributed by atoms with van der Waals surface area (Å²) in [6, 6.07) is 24.0. The van der Waals surface area contributed by atoms with Crippen LogP contribution in [0.25, 0.3) is 0 Å². The molecule has 31 heavy (non-hydrogen) atoms. The normalized spacial score (nSPS) is 26.0. The number of rotatable bonds is 3. The maximum Gasteiger partial charge on any atom is 0.231 e. The van der Waals surface area contributed by atoms with Gasteiger partial charge in [0.2, 0.25) is 12.7 Å². The molecule has 2 heterocycles. The number of amides is 1. The van der Waals surface area contributed by atoms with Gasteiger partial charge >= 0.3 is 0 Å². The van der Waals surface area contributed by atoms with E-state index in [1.54, 1.807) is 0 Å². The smallest absolute Gasteiger partial charge is 0.231 e. The van der Waals surface area contributed by atoms with E-state index in [1.807, 2.05) is 65.6 Å². The number of hydrogen-bond acceptors (Lipinski definition) is 4. The van der Waals surface area contributed by atoms with Gasteiger partial charge in [-0.2, -0.15) is 0 Å². The van der Waals surface area contributed by atoms with Crippen molar-refractivity contribution in [1.82, 2.24) is 4.90 Å². The van der Waals surface area contributed by atoms with Crippen molar-refractivity contribution in [1.29, 1.82) is 0 Å². The molecule has 1 saturated heterocycles. The molecule has 3 aliphatic rings. The molecule has 1 aliphatic carbocycles. The Kier molecular flexibility index (Phi) is 4.25. The Labute approximate surface area is 180 Å². The van der Waals surface area contributed by atoms with Gasteiger partial charge in [0.05, 0.1) is 12.0 Å². The summed E-state index contributed by atoms with van der Waals surface area (Å²) in [5, 5.41) is 11.4. The van der Waals surface area contributed by atoms with Crippen molar-refractivity contribution in [2.24, 2.45) is 11.8 Å². The molecule has 5 nitrogen and oxygen atoms in total. The van der Waals surface area contributed by atoms with Crippen LogP contribution in [0.4, 0.5) is 0 Å². The van der Waals surface area contributed by atoms with Crippen molar-refractivity contribution in [3.8, 4) is 11.5 Å². The lowest BCUT2D eigenvalue weighted by atomic mass is 9.66. The second kappa shape index (κ2) is 7.13. The molecule has 0 unspecified atom stereocenters. The Morgan fingerprint density at radius 2 is 1.55 bits per heavy atom. The fraction of sp³-hybridized carbons (Fsp3) is 0.269. The van der Waals surface area contributed by atoms with Gasteiger partial charge in [-0.15, -0.1) is 0 Å². The summed E-state index contributed by atoms with van der Waals surface area (Å²) in [6.45, 7) is 1.28. The first-order valence-corrected chi connectivity index (χ1v) is 10.7. The van der Waals surface area contributed by atoms with E-state index in [4.69, 9.17) is 9.47 Å². The molecule has 1 amide bonds. The highest BCUT2D eigenvalue weighted by molar-refractivity contribution is 5.84. The molecule has 5 heteroatoms. The maximum absolute atomic E-state index is 13.7. The van der Waals surface area contributed by atoms with Crippen LogP contribution in [0, 0.1) is 11.8 Å². The van der Waals surface area contributed by atoms with E-state index in [0.29, 0.717) is 24.6 Å². The van der Waals surface area contributed by atoms with Gasteiger partial charge in [0.25, 0.3) is 0 Å². The van der Waals surface area contributed by atoms with E-state index >= 15 is 0 Å². The summed E-state index contributed by atoms with van der Waals surface area (Å²) in [6.07, 6.45) is -0.723. The van der Waals surface area contributed by atoms with Crippen LogP contribution in [-0.4, -0.2) is 29.3 Å². The Hall–Kier alpha value is -3.31. The lowest BCUT2D eigenvalue weighted by Gasteiger charge is -2.37. The highest BCUT2D eigenvalue weighted by atomic mass is 16.7. The first kappa shape index (κ1) is 18.5. The van der Waals surface area contributed by atoms with Gasteiger partial charge in [0, 0.05) is 24.9 Å². The largest absolute Gasteiger partial charge is 0.454 e. The average Bonchev–Trinajstić information content (AvgIpc) is 3.39. The molecule has 2 aliphatic heterocycles. The lowest BCUT2D eigenvalue weighted by molar-refractivity contribution is -0.132. The Morgan fingerprint density at radius 1 is 0.903 bits per heavy atom. The van der Waals surface area contributed by atoms with Gasteiger partial charge < -0.3 is 19.5 Å². The van der Waals surface area contributed by atoms with E-state index in [0.717, 1.165) is 22.3 Å². The summed E-state index contributed by atoms with van der Waals surface area (Å²) >= 11 is 0. The predicted octanol–water partition coefficient (Wildman–Crippen LogP) is 3.87. The SMILES string of the molecule is O=C1[C@H]2[C@@H](c3ccccc3)c3cc4c(cc3[C@@H](O)[C@H]2CN1Cc1ccccc1)OCO4. The number of hydrogen-bond donors (Lipinski definition) is 1. The third-order valence-corrected chi connectivity index (χ3v) is 6.86. The number of carbonyl (C=O) groups is 1. The summed E-state index contributed by atoms with van der Waals surface area (Å²) < 4.78 is 11.2. The first-order chi connectivity index (χ1) is 15.2. The molecule has 3 aromatic carbocycles. The summed E-state index contributed by atoms with van der Waals surface area (Å²) in [5.74, 6) is 0.825. The second-order valence-corrected chi connectivity index (χ2v) is 8.56. The topological polar surface area (TPSA) is 59.0 Å². The van der Waals surface area contributed by atoms with Crippen LogP contribution >= 0.6 is 0 Å². The number of nitrogens with zero attached hydrogens (tertiary/aromatic N) is 1. The zero-order valence-electron chi connectivity index (χ0n) is 17.0. The van der Waals surface area contributed by atoms with Gasteiger partial charge in [-0.3, -0.25) is 4.79 Å². The minimum atomic E-state index is -0.723. The Balaban J connectivity index is 1.45. The highest BCUT2D eigenvalue weighted by Gasteiger charge is 2.53. The van der Waals surface area contributed by atoms with Crippen molar-refractivity contribution in [2.75, 3.05) is 13.3 Å². The van der Waals surface area contributed by atoms with Crippen molar-refractivity contribution in [3.63, 3.8) is 0 Å². The maximum atomic E-state index is 13.7. The molecule has 6 rings (SSSR count). The molecular formula is C26H23NO4. The van der Waals surface area contributed by atoms with E-state index in [-0.39, 0.29) is 30.5 Å². The molecular weight excluding hydrogens is 390 g/mol. The Bertz CT molecular complexity index is 1130. The Morgan fingerprint density at radius 3 is 2.26 bits per heavy atom. The van der Waals surface area contributed by atoms with E-state index in [9.17, 15) is 9.90 Å². The molecule has 0 radical (unpaired) electrons. The number of fused-ring (bicyclic) bond motifs is 3. The number of likely N-dealkylation sites (tertiary alicyclic amines) is 1. The first-order valence-electron chi connectivity index (χ1n) is 10.7. The van der Waals surface area contributed by atoms with Gasteiger partial charge in [0.1, 0.15) is 0 Å². The van der Waals surface area contributed by atoms with Crippen LogP contribution in [0.15, 0.2) is 72.8 Å². The van der Waals surface area contributed by atoms with Crippen LogP contribution in [0.3, 0.4) is 0 Å². The van der Waals surface area contributed by atoms with Gasteiger partial charge in [-0.1, -0.05) is 60.7 Å². The van der Waals surface area contributed by atoms with Crippen molar-refractivity contribution in [2.45, 2.75) is 18.6 Å². The quantitative estimate of drug-likeness (QED) is 0.708. The number of ether oxygens (including phenoxy) is 2.